The predicted octanol–water partition coefficient (Wildman–Crippen LogP) is 3.51. The van der Waals surface area contributed by atoms with E-state index in [1.54, 1.807) is 28.6 Å². The van der Waals surface area contributed by atoms with Crippen LogP contribution in [0, 0.1) is 12.7 Å². The normalized spacial score (nSPS) is 22.3. The number of benzene rings is 2. The van der Waals surface area contributed by atoms with E-state index in [1.807, 2.05) is 19.1 Å². The van der Waals surface area contributed by atoms with E-state index in [2.05, 4.69) is 11.8 Å². The Morgan fingerprint density at radius 1 is 1.03 bits per heavy atom. The summed E-state index contributed by atoms with van der Waals surface area (Å²) >= 11 is 0. The van der Waals surface area contributed by atoms with Crippen LogP contribution in [0.4, 0.5) is 4.39 Å². The highest BCUT2D eigenvalue weighted by atomic mass is 32.2. The van der Waals surface area contributed by atoms with Crippen LogP contribution in [0.25, 0.3) is 0 Å². The van der Waals surface area contributed by atoms with Crippen LogP contribution < -0.4 is 0 Å². The van der Waals surface area contributed by atoms with Gasteiger partial charge in [0.15, 0.2) is 5.79 Å². The Labute approximate surface area is 190 Å². The monoisotopic (exact) mass is 462 g/mol. The Kier molecular flexibility index (Phi) is 6.97. The lowest BCUT2D eigenvalue weighted by Crippen LogP contribution is -2.53. The van der Waals surface area contributed by atoms with Crippen LogP contribution >= 0.6 is 0 Å². The standard InChI is InChI=1S/C24H31FN2O4S/c1-19-4-10-23(11-5-19)32(28,29)27-15-14-26(20(2)18-27)13-3-12-24(30-16-17-31-24)21-6-8-22(25)9-7-21/h4-11,20H,3,12-18H2,1-2H3. The maximum Gasteiger partial charge on any atom is 0.243 e. The molecule has 174 valence electrons. The van der Waals surface area contributed by atoms with Gasteiger partial charge in [-0.2, -0.15) is 4.31 Å². The van der Waals surface area contributed by atoms with E-state index in [0.29, 0.717) is 44.2 Å². The molecule has 8 heteroatoms. The largest absolute Gasteiger partial charge is 0.343 e. The molecule has 4 rings (SSSR count). The molecule has 2 aliphatic heterocycles. The van der Waals surface area contributed by atoms with Crippen molar-refractivity contribution in [3.05, 3.63) is 65.5 Å². The van der Waals surface area contributed by atoms with Crippen LogP contribution in [-0.4, -0.2) is 63.1 Å². The van der Waals surface area contributed by atoms with Gasteiger partial charge in [0.25, 0.3) is 0 Å². The number of rotatable bonds is 7. The third-order valence-electron chi connectivity index (χ3n) is 6.38. The zero-order chi connectivity index (χ0) is 22.8. The number of hydrogen-bond donors (Lipinski definition) is 0. The van der Waals surface area contributed by atoms with Crippen LogP contribution in [0.1, 0.15) is 30.9 Å². The Morgan fingerprint density at radius 3 is 2.31 bits per heavy atom. The summed E-state index contributed by atoms with van der Waals surface area (Å²) in [5.74, 6) is -1.11. The van der Waals surface area contributed by atoms with Crippen molar-refractivity contribution in [3.8, 4) is 0 Å². The average Bonchev–Trinajstić information content (AvgIpc) is 3.25. The first kappa shape index (κ1) is 23.3. The summed E-state index contributed by atoms with van der Waals surface area (Å²) in [7, 11) is -3.48. The van der Waals surface area contributed by atoms with Crippen LogP contribution in [-0.2, 0) is 25.3 Å². The van der Waals surface area contributed by atoms with Gasteiger partial charge in [0, 0.05) is 37.7 Å². The maximum absolute atomic E-state index is 13.3. The van der Waals surface area contributed by atoms with Crippen molar-refractivity contribution in [3.63, 3.8) is 0 Å². The number of aryl methyl sites for hydroxylation is 1. The van der Waals surface area contributed by atoms with E-state index in [-0.39, 0.29) is 11.9 Å². The summed E-state index contributed by atoms with van der Waals surface area (Å²) in [5, 5.41) is 0. The molecule has 2 aliphatic rings. The SMILES string of the molecule is Cc1ccc(S(=O)(=O)N2CCN(CCCC3(c4ccc(F)cc4)OCCO3)C(C)C2)cc1. The maximum atomic E-state index is 13.3. The minimum Gasteiger partial charge on any atom is -0.343 e. The van der Waals surface area contributed by atoms with Gasteiger partial charge in [-0.3, -0.25) is 4.90 Å². The first-order chi connectivity index (χ1) is 15.3. The summed E-state index contributed by atoms with van der Waals surface area (Å²) in [6.07, 6.45) is 1.49. The van der Waals surface area contributed by atoms with Gasteiger partial charge in [-0.1, -0.05) is 29.8 Å². The lowest BCUT2D eigenvalue weighted by atomic mass is 10.00. The molecule has 0 N–H and O–H groups in total. The highest BCUT2D eigenvalue weighted by molar-refractivity contribution is 7.89. The van der Waals surface area contributed by atoms with Crippen molar-refractivity contribution in [2.75, 3.05) is 39.4 Å². The van der Waals surface area contributed by atoms with E-state index in [0.717, 1.165) is 24.1 Å². The van der Waals surface area contributed by atoms with E-state index in [1.165, 1.54) is 12.1 Å². The number of hydrogen-bond acceptors (Lipinski definition) is 5. The molecule has 1 atom stereocenters. The molecule has 0 aliphatic carbocycles. The molecule has 32 heavy (non-hydrogen) atoms. The van der Waals surface area contributed by atoms with Crippen molar-refractivity contribution < 1.29 is 22.3 Å². The minimum atomic E-state index is -3.48. The van der Waals surface area contributed by atoms with Gasteiger partial charge in [0.05, 0.1) is 18.1 Å². The molecule has 0 saturated carbocycles. The molecule has 2 heterocycles. The number of ether oxygens (including phenoxy) is 2. The molecule has 2 fully saturated rings. The second-order valence-electron chi connectivity index (χ2n) is 8.62. The van der Waals surface area contributed by atoms with Gasteiger partial charge in [-0.25, -0.2) is 12.8 Å². The molecule has 1 unspecified atom stereocenters. The predicted molar refractivity (Wildman–Crippen MR) is 120 cm³/mol. The Hall–Kier alpha value is -1.84. The first-order valence-corrected chi connectivity index (χ1v) is 12.6. The fourth-order valence-electron chi connectivity index (χ4n) is 4.50. The van der Waals surface area contributed by atoms with Crippen molar-refractivity contribution in [1.82, 2.24) is 9.21 Å². The van der Waals surface area contributed by atoms with Gasteiger partial charge in [-0.05, 0) is 51.1 Å². The van der Waals surface area contributed by atoms with E-state index >= 15 is 0 Å². The van der Waals surface area contributed by atoms with Gasteiger partial charge < -0.3 is 9.47 Å². The lowest BCUT2D eigenvalue weighted by Gasteiger charge is -2.39. The van der Waals surface area contributed by atoms with Gasteiger partial charge in [-0.15, -0.1) is 0 Å². The number of piperazine rings is 1. The molecule has 0 bridgehead atoms. The zero-order valence-electron chi connectivity index (χ0n) is 18.7. The summed E-state index contributed by atoms with van der Waals surface area (Å²) in [6.45, 7) is 7.47. The van der Waals surface area contributed by atoms with Gasteiger partial charge >= 0.3 is 0 Å². The Morgan fingerprint density at radius 2 is 1.69 bits per heavy atom. The summed E-state index contributed by atoms with van der Waals surface area (Å²) in [6, 6.07) is 13.4. The molecule has 0 amide bonds. The second kappa shape index (κ2) is 9.57. The molecule has 0 spiro atoms. The number of sulfonamides is 1. The molecule has 2 aromatic rings. The third-order valence-corrected chi connectivity index (χ3v) is 8.25. The van der Waals surface area contributed by atoms with Crippen LogP contribution in [0.5, 0.6) is 0 Å². The highest BCUT2D eigenvalue weighted by Gasteiger charge is 2.39. The molecular formula is C24H31FN2O4S. The summed E-state index contributed by atoms with van der Waals surface area (Å²) < 4.78 is 52.8. The average molecular weight is 463 g/mol. The molecule has 2 saturated heterocycles. The third kappa shape index (κ3) is 4.89. The summed E-state index contributed by atoms with van der Waals surface area (Å²) in [4.78, 5) is 2.66. The van der Waals surface area contributed by atoms with Crippen molar-refractivity contribution in [2.45, 2.75) is 43.4 Å². The van der Waals surface area contributed by atoms with E-state index in [9.17, 15) is 12.8 Å². The first-order valence-electron chi connectivity index (χ1n) is 11.1. The Bertz CT molecular complexity index is 1010. The number of halogens is 1. The Balaban J connectivity index is 1.34. The van der Waals surface area contributed by atoms with Crippen LogP contribution in [0.3, 0.4) is 0 Å². The fourth-order valence-corrected chi connectivity index (χ4v) is 6.01. The number of nitrogens with zero attached hydrogens (tertiary/aromatic N) is 2. The lowest BCUT2D eigenvalue weighted by molar-refractivity contribution is -0.172. The summed E-state index contributed by atoms with van der Waals surface area (Å²) in [5.41, 5.74) is 1.87. The second-order valence-corrected chi connectivity index (χ2v) is 10.6. The van der Waals surface area contributed by atoms with Crippen LogP contribution in [0.2, 0.25) is 0 Å². The fraction of sp³-hybridized carbons (Fsp3) is 0.500. The zero-order valence-corrected chi connectivity index (χ0v) is 19.5. The van der Waals surface area contributed by atoms with E-state index < -0.39 is 15.8 Å². The van der Waals surface area contributed by atoms with Crippen molar-refractivity contribution in [1.29, 1.82) is 0 Å². The van der Waals surface area contributed by atoms with Gasteiger partial charge in [0.1, 0.15) is 5.82 Å². The van der Waals surface area contributed by atoms with E-state index in [4.69, 9.17) is 9.47 Å². The molecule has 2 aromatic carbocycles. The molecule has 6 nitrogen and oxygen atoms in total. The molecule has 0 aromatic heterocycles. The minimum absolute atomic E-state index is 0.108. The highest BCUT2D eigenvalue weighted by Crippen LogP contribution is 2.36. The smallest absolute Gasteiger partial charge is 0.243 e. The topological polar surface area (TPSA) is 59.1 Å². The van der Waals surface area contributed by atoms with Crippen LogP contribution in [0.15, 0.2) is 53.4 Å². The molecular weight excluding hydrogens is 431 g/mol. The quantitative estimate of drug-likeness (QED) is 0.630. The molecule has 0 radical (unpaired) electrons. The van der Waals surface area contributed by atoms with Crippen molar-refractivity contribution >= 4 is 10.0 Å². The van der Waals surface area contributed by atoms with Gasteiger partial charge in [0.2, 0.25) is 10.0 Å². The van der Waals surface area contributed by atoms with Crippen molar-refractivity contribution in [2.24, 2.45) is 0 Å².